The van der Waals surface area contributed by atoms with Crippen LogP contribution >= 0.6 is 11.6 Å². The van der Waals surface area contributed by atoms with Gasteiger partial charge >= 0.3 is 0 Å². The normalized spacial score (nSPS) is 14.3. The second-order valence-electron chi connectivity index (χ2n) is 10.7. The van der Waals surface area contributed by atoms with E-state index in [2.05, 4.69) is 73.4 Å². The number of methoxy groups -OCH3 is 2. The highest BCUT2D eigenvalue weighted by atomic mass is 35.5. The van der Waals surface area contributed by atoms with Crippen molar-refractivity contribution in [3.05, 3.63) is 119 Å². The van der Waals surface area contributed by atoms with Crippen LogP contribution in [0, 0.1) is 6.92 Å². The van der Waals surface area contributed by atoms with Crippen molar-refractivity contribution in [1.82, 2.24) is 4.90 Å². The zero-order valence-electron chi connectivity index (χ0n) is 24.1. The van der Waals surface area contributed by atoms with E-state index in [4.69, 9.17) is 27.7 Å². The summed E-state index contributed by atoms with van der Waals surface area (Å²) < 4.78 is 11.9. The lowest BCUT2D eigenvalue weighted by atomic mass is 9.88. The first kappa shape index (κ1) is 28.7. The van der Waals surface area contributed by atoms with Crippen molar-refractivity contribution < 1.29 is 9.47 Å². The standard InChI is InChI=1S/C35H40ClNO2/c1-24-15-11-12-18-28(24)23-37(34(39-7)27-16-9-8-10-17-27)26(3)31-21-29(35(4,5)36)22-32(25(31)2)30-19-13-14-20-33(30)38-6/h8-10,12-14,16-22,34H,3,11,15,23H2,1-2,4-7H3. The van der Waals surface area contributed by atoms with Crippen molar-refractivity contribution >= 4 is 17.3 Å². The van der Waals surface area contributed by atoms with E-state index in [1.165, 1.54) is 11.1 Å². The van der Waals surface area contributed by atoms with Crippen molar-refractivity contribution in [2.75, 3.05) is 20.8 Å². The number of benzene rings is 3. The fourth-order valence-electron chi connectivity index (χ4n) is 5.24. The van der Waals surface area contributed by atoms with Crippen molar-refractivity contribution in [3.8, 4) is 16.9 Å². The minimum atomic E-state index is -0.574. The monoisotopic (exact) mass is 541 g/mol. The Balaban J connectivity index is 1.91. The minimum absolute atomic E-state index is 0.309. The maximum Gasteiger partial charge on any atom is 0.156 e. The van der Waals surface area contributed by atoms with Gasteiger partial charge in [-0.15, -0.1) is 11.6 Å². The Kier molecular flexibility index (Phi) is 9.04. The maximum atomic E-state index is 6.94. The van der Waals surface area contributed by atoms with E-state index in [0.717, 1.165) is 57.7 Å². The van der Waals surface area contributed by atoms with Gasteiger partial charge in [-0.2, -0.15) is 0 Å². The molecular weight excluding hydrogens is 502 g/mol. The molecule has 0 amide bonds. The summed E-state index contributed by atoms with van der Waals surface area (Å²) in [5.41, 5.74) is 9.96. The molecule has 3 nitrogen and oxygen atoms in total. The highest BCUT2D eigenvalue weighted by molar-refractivity contribution is 6.23. The lowest BCUT2D eigenvalue weighted by Crippen LogP contribution is -2.31. The van der Waals surface area contributed by atoms with Crippen LogP contribution in [0.2, 0.25) is 0 Å². The van der Waals surface area contributed by atoms with Crippen LogP contribution in [0.4, 0.5) is 0 Å². The molecule has 1 atom stereocenters. The summed E-state index contributed by atoms with van der Waals surface area (Å²) in [5.74, 6) is 0.825. The van der Waals surface area contributed by atoms with E-state index in [9.17, 15) is 0 Å². The largest absolute Gasteiger partial charge is 0.496 e. The molecule has 0 saturated heterocycles. The first-order valence-electron chi connectivity index (χ1n) is 13.5. The van der Waals surface area contributed by atoms with Crippen LogP contribution in [-0.2, 0) is 9.61 Å². The highest BCUT2D eigenvalue weighted by Gasteiger charge is 2.28. The molecule has 0 saturated carbocycles. The van der Waals surface area contributed by atoms with Gasteiger partial charge in [0.2, 0.25) is 0 Å². The molecule has 4 heteroatoms. The molecular formula is C35H40ClNO2. The summed E-state index contributed by atoms with van der Waals surface area (Å²) in [6, 6.07) is 22.8. The van der Waals surface area contributed by atoms with E-state index in [1.54, 1.807) is 14.2 Å². The second-order valence-corrected chi connectivity index (χ2v) is 11.6. The molecule has 0 radical (unpaired) electrons. The maximum absolute atomic E-state index is 6.94. The van der Waals surface area contributed by atoms with Gasteiger partial charge in [0.15, 0.2) is 6.23 Å². The molecule has 4 rings (SSSR count). The van der Waals surface area contributed by atoms with Crippen LogP contribution in [-0.4, -0.2) is 25.7 Å². The topological polar surface area (TPSA) is 21.7 Å². The van der Waals surface area contributed by atoms with Crippen LogP contribution in [0.15, 0.2) is 96.6 Å². The minimum Gasteiger partial charge on any atom is -0.496 e. The Morgan fingerprint density at radius 3 is 2.33 bits per heavy atom. The number of allylic oxidation sites excluding steroid dienone is 2. The quantitative estimate of drug-likeness (QED) is 0.188. The van der Waals surface area contributed by atoms with Crippen molar-refractivity contribution in [1.29, 1.82) is 0 Å². The zero-order chi connectivity index (χ0) is 28.2. The van der Waals surface area contributed by atoms with Gasteiger partial charge in [-0.3, -0.25) is 0 Å². The lowest BCUT2D eigenvalue weighted by Gasteiger charge is -2.36. The van der Waals surface area contributed by atoms with Crippen LogP contribution in [0.1, 0.15) is 62.1 Å². The van der Waals surface area contributed by atoms with Gasteiger partial charge < -0.3 is 14.4 Å². The van der Waals surface area contributed by atoms with E-state index in [0.29, 0.717) is 6.54 Å². The Hall–Kier alpha value is -3.27. The molecule has 0 bridgehead atoms. The molecule has 3 aromatic carbocycles. The van der Waals surface area contributed by atoms with Gasteiger partial charge in [-0.05, 0) is 81.0 Å². The zero-order valence-corrected chi connectivity index (χ0v) is 24.8. The third-order valence-corrected chi connectivity index (χ3v) is 7.85. The van der Waals surface area contributed by atoms with Gasteiger partial charge in [0.05, 0.1) is 12.0 Å². The fraction of sp³-hybridized carbons (Fsp3) is 0.314. The average molecular weight is 542 g/mol. The molecule has 0 heterocycles. The van der Waals surface area contributed by atoms with Crippen molar-refractivity contribution in [2.24, 2.45) is 0 Å². The van der Waals surface area contributed by atoms with Gasteiger partial charge in [0.25, 0.3) is 0 Å². The van der Waals surface area contributed by atoms with Crippen LogP contribution in [0.5, 0.6) is 5.75 Å². The van der Waals surface area contributed by atoms with Gasteiger partial charge in [-0.25, -0.2) is 0 Å². The van der Waals surface area contributed by atoms with E-state index >= 15 is 0 Å². The number of nitrogens with zero attached hydrogens (tertiary/aromatic N) is 1. The van der Waals surface area contributed by atoms with E-state index in [1.807, 2.05) is 38.1 Å². The number of rotatable bonds is 10. The number of hydrogen-bond donors (Lipinski definition) is 0. The number of ether oxygens (including phenoxy) is 2. The third kappa shape index (κ3) is 6.32. The Morgan fingerprint density at radius 1 is 1.00 bits per heavy atom. The summed E-state index contributed by atoms with van der Waals surface area (Å²) in [7, 11) is 3.48. The summed E-state index contributed by atoms with van der Waals surface area (Å²) in [4.78, 5) is 1.71. The fourth-order valence-corrected chi connectivity index (χ4v) is 5.35. The average Bonchev–Trinajstić information content (AvgIpc) is 2.93. The first-order valence-corrected chi connectivity index (χ1v) is 13.9. The molecule has 1 aliphatic rings. The van der Waals surface area contributed by atoms with Crippen molar-refractivity contribution in [3.63, 3.8) is 0 Å². The molecule has 0 N–H and O–H groups in total. The number of hydrogen-bond acceptors (Lipinski definition) is 3. The summed E-state index contributed by atoms with van der Waals surface area (Å²) in [6.45, 7) is 13.8. The molecule has 1 unspecified atom stereocenters. The molecule has 1 aliphatic carbocycles. The summed E-state index contributed by atoms with van der Waals surface area (Å²) >= 11 is 6.94. The number of halogens is 1. The summed E-state index contributed by atoms with van der Waals surface area (Å²) in [6.07, 6.45) is 6.35. The number of alkyl halides is 1. The summed E-state index contributed by atoms with van der Waals surface area (Å²) in [5, 5.41) is 0. The Bertz CT molecular complexity index is 1380. The van der Waals surface area contributed by atoms with Crippen molar-refractivity contribution in [2.45, 2.75) is 51.6 Å². The predicted octanol–water partition coefficient (Wildman–Crippen LogP) is 9.43. The van der Waals surface area contributed by atoms with Gasteiger partial charge in [0, 0.05) is 36.0 Å². The lowest BCUT2D eigenvalue weighted by molar-refractivity contribution is 0.00419. The highest BCUT2D eigenvalue weighted by Crippen LogP contribution is 2.42. The molecule has 0 aromatic heterocycles. The van der Waals surface area contributed by atoms with Gasteiger partial charge in [-0.1, -0.05) is 72.8 Å². The number of para-hydroxylation sites is 1. The molecule has 0 aliphatic heterocycles. The smallest absolute Gasteiger partial charge is 0.156 e. The van der Waals surface area contributed by atoms with Gasteiger partial charge in [0.1, 0.15) is 5.75 Å². The molecule has 0 spiro atoms. The second kappa shape index (κ2) is 12.3. The van der Waals surface area contributed by atoms with E-state index in [-0.39, 0.29) is 6.23 Å². The molecule has 204 valence electrons. The SMILES string of the molecule is C=C(c1cc(C(C)(C)Cl)cc(-c2ccccc2OC)c1C)N(CC1=C(C)CCC=C1)C(OC)c1ccccc1. The Labute approximate surface area is 239 Å². The third-order valence-electron chi connectivity index (χ3n) is 7.63. The van der Waals surface area contributed by atoms with Crippen LogP contribution in [0.25, 0.3) is 16.8 Å². The van der Waals surface area contributed by atoms with Crippen LogP contribution in [0.3, 0.4) is 0 Å². The van der Waals surface area contributed by atoms with Crippen LogP contribution < -0.4 is 4.74 Å². The first-order chi connectivity index (χ1) is 18.7. The molecule has 39 heavy (non-hydrogen) atoms. The molecule has 3 aromatic rings. The predicted molar refractivity (Wildman–Crippen MR) is 165 cm³/mol. The Morgan fingerprint density at radius 2 is 1.69 bits per heavy atom. The molecule has 0 fully saturated rings. The van der Waals surface area contributed by atoms with E-state index < -0.39 is 4.87 Å².